The average Bonchev–Trinajstić information content (AvgIpc) is 3.95. The molecule has 0 aliphatic heterocycles. The lowest BCUT2D eigenvalue weighted by Crippen LogP contribution is -1.99. The normalized spacial score (nSPS) is 11.9. The van der Waals surface area contributed by atoms with E-state index < -0.39 is 0 Å². The van der Waals surface area contributed by atoms with Crippen molar-refractivity contribution in [1.29, 1.82) is 0 Å². The molecule has 4 nitrogen and oxygen atoms in total. The molecule has 12 aromatic rings. The Kier molecular flexibility index (Phi) is 7.24. The van der Waals surface area contributed by atoms with Crippen LogP contribution in [0.1, 0.15) is 0 Å². The molecular weight excluding hydrogens is 733 g/mol. The lowest BCUT2D eigenvalue weighted by atomic mass is 10.0. The van der Waals surface area contributed by atoms with Gasteiger partial charge in [-0.05, 0) is 53.6 Å². The third-order valence-corrected chi connectivity index (χ3v) is 13.4. The Morgan fingerprint density at radius 3 is 1.51 bits per heavy atom. The van der Waals surface area contributed by atoms with Crippen LogP contribution in [0.25, 0.3) is 113 Å². The summed E-state index contributed by atoms with van der Waals surface area (Å²) in [5.74, 6) is 2.00. The topological polar surface area (TPSA) is 43.6 Å². The van der Waals surface area contributed by atoms with E-state index in [1.807, 2.05) is 83.3 Å². The number of hydrogen-bond acceptors (Lipinski definition) is 5. The van der Waals surface area contributed by atoms with Crippen molar-refractivity contribution in [2.45, 2.75) is 0 Å². The van der Waals surface area contributed by atoms with Crippen LogP contribution < -0.4 is 0 Å². The molecule has 0 N–H and O–H groups in total. The molecule has 57 heavy (non-hydrogen) atoms. The zero-order valence-corrected chi connectivity index (χ0v) is 32.1. The van der Waals surface area contributed by atoms with Crippen LogP contribution in [0.3, 0.4) is 0 Å². The van der Waals surface area contributed by atoms with Crippen LogP contribution in [-0.2, 0) is 0 Å². The average molecular weight is 763 g/mol. The fourth-order valence-electron chi connectivity index (χ4n) is 8.35. The summed E-state index contributed by atoms with van der Waals surface area (Å²) in [4.78, 5) is 14.8. The minimum absolute atomic E-state index is 0.666. The molecule has 0 aliphatic rings. The summed E-state index contributed by atoms with van der Waals surface area (Å²) in [7, 11) is 0. The van der Waals surface area contributed by atoms with Crippen molar-refractivity contribution in [3.63, 3.8) is 0 Å². The fourth-order valence-corrected chi connectivity index (χ4v) is 10.7. The standard InChI is InChI=1S/C51H30N4S2/c1-3-12-31(13-4-1)49-52-50(32-14-5-2-6-15-32)54-51(53-49)35-23-26-39-41-28-33(24-27-45(41)56-46(39)30-35)34-22-25-38-40-18-11-21-44(48(40)57-47(38)29-34)55-42-19-9-7-16-36(42)37-17-8-10-20-43(37)55/h1-30H. The van der Waals surface area contributed by atoms with E-state index in [-0.39, 0.29) is 0 Å². The fraction of sp³-hybridized carbons (Fsp3) is 0. The van der Waals surface area contributed by atoms with Gasteiger partial charge in [-0.1, -0.05) is 140 Å². The second-order valence-corrected chi connectivity index (χ2v) is 16.5. The Bertz CT molecular complexity index is 3410. The van der Waals surface area contributed by atoms with Gasteiger partial charge in [0.25, 0.3) is 0 Å². The van der Waals surface area contributed by atoms with Crippen molar-refractivity contribution in [2.75, 3.05) is 0 Å². The van der Waals surface area contributed by atoms with Crippen molar-refractivity contribution in [1.82, 2.24) is 19.5 Å². The number of rotatable bonds is 5. The highest BCUT2D eigenvalue weighted by atomic mass is 32.1. The molecular formula is C51H30N4S2. The number of nitrogens with zero attached hydrogens (tertiary/aromatic N) is 4. The van der Waals surface area contributed by atoms with Gasteiger partial charge < -0.3 is 4.57 Å². The van der Waals surface area contributed by atoms with Crippen molar-refractivity contribution in [2.24, 2.45) is 0 Å². The van der Waals surface area contributed by atoms with Crippen LogP contribution in [-0.4, -0.2) is 19.5 Å². The van der Waals surface area contributed by atoms with Crippen LogP contribution in [0.4, 0.5) is 0 Å². The number of fused-ring (bicyclic) bond motifs is 9. The summed E-state index contributed by atoms with van der Waals surface area (Å²) >= 11 is 3.69. The molecule has 266 valence electrons. The summed E-state index contributed by atoms with van der Waals surface area (Å²) in [5.41, 5.74) is 9.02. The SMILES string of the molecule is c1ccc(-c2nc(-c3ccccc3)nc(-c3ccc4c(c3)sc3ccc(-c5ccc6c(c5)sc5c(-n7c8ccccc8c8ccccc87)cccc56)cc34)n2)cc1. The Balaban J connectivity index is 0.948. The molecule has 0 radical (unpaired) electrons. The van der Waals surface area contributed by atoms with Gasteiger partial charge in [0.05, 0.1) is 21.4 Å². The highest BCUT2D eigenvalue weighted by molar-refractivity contribution is 7.26. The number of hydrogen-bond donors (Lipinski definition) is 0. The molecule has 0 spiro atoms. The third-order valence-electron chi connectivity index (χ3n) is 11.1. The van der Waals surface area contributed by atoms with Crippen molar-refractivity contribution in [3.05, 3.63) is 182 Å². The largest absolute Gasteiger partial charge is 0.308 e. The number of benzene rings is 8. The lowest BCUT2D eigenvalue weighted by Gasteiger charge is -2.09. The van der Waals surface area contributed by atoms with E-state index in [0.29, 0.717) is 17.5 Å². The molecule has 8 aromatic carbocycles. The first-order chi connectivity index (χ1) is 28.2. The molecule has 0 unspecified atom stereocenters. The molecule has 0 saturated heterocycles. The number of thiophene rings is 2. The predicted molar refractivity (Wildman–Crippen MR) is 242 cm³/mol. The highest BCUT2D eigenvalue weighted by Gasteiger charge is 2.18. The predicted octanol–water partition coefficient (Wildman–Crippen LogP) is 14.4. The molecule has 0 amide bonds. The maximum absolute atomic E-state index is 4.98. The summed E-state index contributed by atoms with van der Waals surface area (Å²) < 4.78 is 7.50. The molecule has 0 atom stereocenters. The zero-order chi connectivity index (χ0) is 37.5. The van der Waals surface area contributed by atoms with Crippen LogP contribution in [0.15, 0.2) is 182 Å². The molecule has 0 fully saturated rings. The van der Waals surface area contributed by atoms with Gasteiger partial charge in [-0.25, -0.2) is 15.0 Å². The van der Waals surface area contributed by atoms with Crippen LogP contribution >= 0.6 is 22.7 Å². The molecule has 0 aliphatic carbocycles. The van der Waals surface area contributed by atoms with E-state index in [4.69, 9.17) is 15.0 Å². The van der Waals surface area contributed by atoms with Gasteiger partial charge in [-0.15, -0.1) is 22.7 Å². The van der Waals surface area contributed by atoms with Gasteiger partial charge in [0, 0.05) is 63.1 Å². The second kappa shape index (κ2) is 12.8. The van der Waals surface area contributed by atoms with Crippen molar-refractivity contribution < 1.29 is 0 Å². The smallest absolute Gasteiger partial charge is 0.164 e. The summed E-state index contributed by atoms with van der Waals surface area (Å²) in [6.45, 7) is 0. The van der Waals surface area contributed by atoms with Crippen molar-refractivity contribution in [3.8, 4) is 51.0 Å². The summed E-state index contributed by atoms with van der Waals surface area (Å²) in [6, 6.07) is 65.0. The Morgan fingerprint density at radius 2 is 0.825 bits per heavy atom. The quantitative estimate of drug-likeness (QED) is 0.175. The Morgan fingerprint density at radius 1 is 0.316 bits per heavy atom. The maximum Gasteiger partial charge on any atom is 0.164 e. The van der Waals surface area contributed by atoms with E-state index in [1.165, 1.54) is 79.0 Å². The molecule has 4 aromatic heterocycles. The van der Waals surface area contributed by atoms with Crippen LogP contribution in [0, 0.1) is 0 Å². The monoisotopic (exact) mass is 762 g/mol. The van der Waals surface area contributed by atoms with Gasteiger partial charge in [-0.2, -0.15) is 0 Å². The second-order valence-electron chi connectivity index (χ2n) is 14.4. The van der Waals surface area contributed by atoms with E-state index >= 15 is 0 Å². The molecule has 6 heteroatoms. The zero-order valence-electron chi connectivity index (χ0n) is 30.4. The number of aromatic nitrogens is 4. The molecule has 0 bridgehead atoms. The van der Waals surface area contributed by atoms with Crippen molar-refractivity contribution >= 4 is 84.8 Å². The minimum atomic E-state index is 0.666. The van der Waals surface area contributed by atoms with E-state index in [0.717, 1.165) is 16.7 Å². The molecule has 0 saturated carbocycles. The summed E-state index contributed by atoms with van der Waals surface area (Å²) in [5, 5.41) is 7.64. The van der Waals surface area contributed by atoms with Gasteiger partial charge in [0.15, 0.2) is 17.5 Å². The lowest BCUT2D eigenvalue weighted by molar-refractivity contribution is 1.07. The van der Waals surface area contributed by atoms with E-state index in [1.54, 1.807) is 0 Å². The van der Waals surface area contributed by atoms with E-state index in [2.05, 4.69) is 126 Å². The van der Waals surface area contributed by atoms with Gasteiger partial charge in [-0.3, -0.25) is 0 Å². The maximum atomic E-state index is 4.98. The Hall–Kier alpha value is -6.99. The first-order valence-corrected chi connectivity index (χ1v) is 20.6. The Labute approximate surface area is 335 Å². The van der Waals surface area contributed by atoms with Gasteiger partial charge >= 0.3 is 0 Å². The first-order valence-electron chi connectivity index (χ1n) is 19.0. The van der Waals surface area contributed by atoms with Gasteiger partial charge in [0.1, 0.15) is 0 Å². The van der Waals surface area contributed by atoms with Gasteiger partial charge in [0.2, 0.25) is 0 Å². The van der Waals surface area contributed by atoms with Crippen LogP contribution in [0.5, 0.6) is 0 Å². The van der Waals surface area contributed by atoms with E-state index in [9.17, 15) is 0 Å². The number of para-hydroxylation sites is 2. The molecule has 12 rings (SSSR count). The summed E-state index contributed by atoms with van der Waals surface area (Å²) in [6.07, 6.45) is 0. The third kappa shape index (κ3) is 5.22. The van der Waals surface area contributed by atoms with Crippen LogP contribution in [0.2, 0.25) is 0 Å². The first kappa shape index (κ1) is 32.3. The molecule has 4 heterocycles. The highest BCUT2D eigenvalue weighted by Crippen LogP contribution is 2.43. The minimum Gasteiger partial charge on any atom is -0.308 e.